The molecule has 0 saturated heterocycles. The summed E-state index contributed by atoms with van der Waals surface area (Å²) in [6.07, 6.45) is 44.8. The number of unbranched alkanes of at least 4 members (excludes halogenated alkanes) is 39. The van der Waals surface area contributed by atoms with Crippen molar-refractivity contribution in [2.24, 2.45) is 0 Å². The average molecular weight is 1230 g/mol. The highest BCUT2D eigenvalue weighted by molar-refractivity contribution is 7.47. The second-order valence-electron chi connectivity index (χ2n) is 23.2. The predicted octanol–water partition coefficient (Wildman–Crippen LogP) is 17.9. The molecule has 0 rings (SSSR count). The Morgan fingerprint density at radius 2 is 0.482 bits per heavy atom. The van der Waals surface area contributed by atoms with Crippen molar-refractivity contribution in [3.8, 4) is 0 Å². The zero-order valence-electron chi connectivity index (χ0n) is 53.2. The fraction of sp³-hybridized carbons (Fsp3) is 0.938. The molecule has 492 valence electrons. The Kier molecular flexibility index (Phi) is 57.7. The third-order valence-corrected chi connectivity index (χ3v) is 16.8. The van der Waals surface area contributed by atoms with Crippen molar-refractivity contribution < 1.29 is 80.2 Å². The molecule has 0 aromatic heterocycles. The van der Waals surface area contributed by atoms with Gasteiger partial charge in [0.15, 0.2) is 12.2 Å². The van der Waals surface area contributed by atoms with Crippen LogP contribution in [0.25, 0.3) is 0 Å². The van der Waals surface area contributed by atoms with Gasteiger partial charge in [0, 0.05) is 25.7 Å². The van der Waals surface area contributed by atoms with Gasteiger partial charge in [0.2, 0.25) is 0 Å². The molecule has 0 aliphatic rings. The number of phosphoric ester groups is 2. The van der Waals surface area contributed by atoms with Gasteiger partial charge in [-0.2, -0.15) is 0 Å². The summed E-state index contributed by atoms with van der Waals surface area (Å²) in [4.78, 5) is 71.9. The van der Waals surface area contributed by atoms with Gasteiger partial charge in [-0.3, -0.25) is 37.3 Å². The zero-order chi connectivity index (χ0) is 61.2. The Labute approximate surface area is 505 Å². The molecular weight excluding hydrogens is 1100 g/mol. The van der Waals surface area contributed by atoms with E-state index in [4.69, 9.17) is 37.0 Å². The van der Waals surface area contributed by atoms with Crippen LogP contribution in [-0.4, -0.2) is 96.7 Å². The van der Waals surface area contributed by atoms with Crippen molar-refractivity contribution in [1.82, 2.24) is 0 Å². The number of phosphoric acid groups is 2. The Balaban J connectivity index is 5.16. The fourth-order valence-corrected chi connectivity index (χ4v) is 11.2. The van der Waals surface area contributed by atoms with Gasteiger partial charge >= 0.3 is 39.5 Å². The monoisotopic (exact) mass is 1230 g/mol. The Morgan fingerprint density at radius 3 is 0.711 bits per heavy atom. The lowest BCUT2D eigenvalue weighted by atomic mass is 10.0. The number of esters is 4. The molecule has 0 aliphatic heterocycles. The maximum Gasteiger partial charge on any atom is 0.472 e. The molecular formula is C64H124O17P2. The number of hydrogen-bond donors (Lipinski definition) is 3. The lowest BCUT2D eigenvalue weighted by Crippen LogP contribution is -2.30. The maximum absolute atomic E-state index is 13.0. The standard InChI is InChI=1S/C64H124O17P2/c1-5-9-13-17-20-23-25-27-28-29-31-33-36-39-43-47-51-64(69)81-60(55-75-62(67)49-45-41-37-35-32-30-26-24-21-18-14-10-6-2)57-79-83(72,73)77-53-58(65)52-76-82(70,71)78-56-59(54-74-61(66)48-44-40-16-12-8-4)80-63(68)50-46-42-38-34-22-19-15-11-7-3/h58-60,65H,5-57H2,1-4H3,(H,70,71)(H,72,73)/t58-,59+,60+/m0/s1. The minimum absolute atomic E-state index is 0.105. The van der Waals surface area contributed by atoms with E-state index in [2.05, 4.69) is 27.7 Å². The summed E-state index contributed by atoms with van der Waals surface area (Å²) in [5.74, 6) is -2.14. The smallest absolute Gasteiger partial charge is 0.462 e. The van der Waals surface area contributed by atoms with Gasteiger partial charge < -0.3 is 33.8 Å². The van der Waals surface area contributed by atoms with Crippen molar-refractivity contribution in [3.05, 3.63) is 0 Å². The number of hydrogen-bond acceptors (Lipinski definition) is 15. The number of carbonyl (C=O) groups is 4. The van der Waals surface area contributed by atoms with Crippen LogP contribution in [0.15, 0.2) is 0 Å². The number of aliphatic hydroxyl groups is 1. The molecule has 0 aromatic rings. The molecule has 17 nitrogen and oxygen atoms in total. The highest BCUT2D eigenvalue weighted by Crippen LogP contribution is 2.45. The third-order valence-electron chi connectivity index (χ3n) is 14.9. The van der Waals surface area contributed by atoms with Gasteiger partial charge in [-0.15, -0.1) is 0 Å². The van der Waals surface area contributed by atoms with Crippen LogP contribution in [0.2, 0.25) is 0 Å². The van der Waals surface area contributed by atoms with Gasteiger partial charge in [-0.1, -0.05) is 278 Å². The first-order valence-corrected chi connectivity index (χ1v) is 36.8. The van der Waals surface area contributed by atoms with Crippen LogP contribution < -0.4 is 0 Å². The van der Waals surface area contributed by atoms with Crippen LogP contribution in [0, 0.1) is 0 Å². The SMILES string of the molecule is CCCCCCCCCCCCCCCCCCC(=O)O[C@H](COC(=O)CCCCCCCCCCCCCCC)COP(=O)(O)OC[C@@H](O)COP(=O)(O)OC[C@@H](COC(=O)CCCCCCC)OC(=O)CCCCCCCCCCC. The highest BCUT2D eigenvalue weighted by Gasteiger charge is 2.30. The van der Waals surface area contributed by atoms with Gasteiger partial charge in [0.25, 0.3) is 0 Å². The van der Waals surface area contributed by atoms with E-state index in [0.717, 1.165) is 96.3 Å². The summed E-state index contributed by atoms with van der Waals surface area (Å²) in [5.41, 5.74) is 0. The van der Waals surface area contributed by atoms with Crippen molar-refractivity contribution in [2.45, 2.75) is 348 Å². The Bertz CT molecular complexity index is 1600. The third kappa shape index (κ3) is 58.8. The van der Waals surface area contributed by atoms with Crippen LogP contribution in [-0.2, 0) is 65.4 Å². The number of rotatable bonds is 65. The summed E-state index contributed by atoms with van der Waals surface area (Å²) >= 11 is 0. The minimum Gasteiger partial charge on any atom is -0.462 e. The lowest BCUT2D eigenvalue weighted by molar-refractivity contribution is -0.161. The molecule has 0 spiro atoms. The molecule has 5 atom stereocenters. The molecule has 0 aromatic carbocycles. The van der Waals surface area contributed by atoms with Crippen LogP contribution in [0.3, 0.4) is 0 Å². The number of aliphatic hydroxyl groups excluding tert-OH is 1. The largest absolute Gasteiger partial charge is 0.472 e. The maximum atomic E-state index is 13.0. The zero-order valence-corrected chi connectivity index (χ0v) is 54.9. The molecule has 83 heavy (non-hydrogen) atoms. The van der Waals surface area contributed by atoms with Crippen LogP contribution in [0.1, 0.15) is 329 Å². The molecule has 0 radical (unpaired) electrons. The normalized spacial score (nSPS) is 14.2. The molecule has 0 aliphatic carbocycles. The first-order chi connectivity index (χ1) is 40.2. The summed E-state index contributed by atoms with van der Waals surface area (Å²) < 4.78 is 67.8. The molecule has 0 bridgehead atoms. The quantitative estimate of drug-likeness (QED) is 0.0222. The second-order valence-corrected chi connectivity index (χ2v) is 26.1. The lowest BCUT2D eigenvalue weighted by Gasteiger charge is -2.21. The summed E-state index contributed by atoms with van der Waals surface area (Å²) in [6, 6.07) is 0. The van der Waals surface area contributed by atoms with E-state index in [1.807, 2.05) is 0 Å². The van der Waals surface area contributed by atoms with Crippen LogP contribution in [0.4, 0.5) is 0 Å². The Morgan fingerprint density at radius 1 is 0.289 bits per heavy atom. The van der Waals surface area contributed by atoms with Crippen molar-refractivity contribution >= 4 is 39.5 Å². The van der Waals surface area contributed by atoms with Gasteiger partial charge in [-0.05, 0) is 25.7 Å². The van der Waals surface area contributed by atoms with E-state index in [0.29, 0.717) is 25.7 Å². The van der Waals surface area contributed by atoms with Crippen LogP contribution >= 0.6 is 15.6 Å². The minimum atomic E-state index is -4.94. The highest BCUT2D eigenvalue weighted by atomic mass is 31.2. The first kappa shape index (κ1) is 81.1. The van der Waals surface area contributed by atoms with Crippen LogP contribution in [0.5, 0.6) is 0 Å². The van der Waals surface area contributed by atoms with E-state index < -0.39 is 97.5 Å². The van der Waals surface area contributed by atoms with Crippen molar-refractivity contribution in [2.75, 3.05) is 39.6 Å². The molecule has 0 saturated carbocycles. The first-order valence-electron chi connectivity index (χ1n) is 33.8. The van der Waals surface area contributed by atoms with E-state index in [1.54, 1.807) is 0 Å². The molecule has 19 heteroatoms. The number of carbonyl (C=O) groups excluding carboxylic acids is 4. The molecule has 0 amide bonds. The van der Waals surface area contributed by atoms with Gasteiger partial charge in [0.1, 0.15) is 19.3 Å². The number of ether oxygens (including phenoxy) is 4. The predicted molar refractivity (Wildman–Crippen MR) is 331 cm³/mol. The molecule has 0 fully saturated rings. The van der Waals surface area contributed by atoms with Gasteiger partial charge in [0.05, 0.1) is 26.4 Å². The van der Waals surface area contributed by atoms with E-state index in [-0.39, 0.29) is 25.7 Å². The Hall–Kier alpha value is -1.94. The topological polar surface area (TPSA) is 237 Å². The summed E-state index contributed by atoms with van der Waals surface area (Å²) in [5, 5.41) is 10.5. The summed E-state index contributed by atoms with van der Waals surface area (Å²) in [6.45, 7) is 4.80. The summed E-state index contributed by atoms with van der Waals surface area (Å²) in [7, 11) is -9.87. The van der Waals surface area contributed by atoms with E-state index in [9.17, 15) is 43.2 Å². The van der Waals surface area contributed by atoms with E-state index in [1.165, 1.54) is 154 Å². The van der Waals surface area contributed by atoms with Crippen molar-refractivity contribution in [1.29, 1.82) is 0 Å². The fourth-order valence-electron chi connectivity index (χ4n) is 9.63. The van der Waals surface area contributed by atoms with E-state index >= 15 is 0 Å². The molecule has 3 N–H and O–H groups in total. The van der Waals surface area contributed by atoms with Gasteiger partial charge in [-0.25, -0.2) is 9.13 Å². The molecule has 0 heterocycles. The van der Waals surface area contributed by atoms with Crippen molar-refractivity contribution in [3.63, 3.8) is 0 Å². The molecule has 2 unspecified atom stereocenters. The second kappa shape index (κ2) is 59.0. The average Bonchev–Trinajstić information content (AvgIpc) is 3.47.